The molecular weight excluding hydrogens is 232 g/mol. The quantitative estimate of drug-likeness (QED) is 0.829. The molecule has 1 heterocycles. The number of carboxylic acid groups (broad SMARTS) is 1. The van der Waals surface area contributed by atoms with Crippen LogP contribution in [0.1, 0.15) is 12.0 Å². The molecule has 1 unspecified atom stereocenters. The molecule has 2 rings (SSSR count). The van der Waals surface area contributed by atoms with E-state index in [0.717, 1.165) is 11.3 Å². The third kappa shape index (κ3) is 3.00. The van der Waals surface area contributed by atoms with E-state index in [9.17, 15) is 9.59 Å². The van der Waals surface area contributed by atoms with E-state index in [1.54, 1.807) is 0 Å². The number of amides is 1. The number of nitrogens with one attached hydrogen (secondary N) is 1. The molecular formula is C13H16N2O3. The Kier molecular flexibility index (Phi) is 3.50. The van der Waals surface area contributed by atoms with Crippen molar-refractivity contribution in [1.82, 2.24) is 5.32 Å². The number of hydrogen-bond donors (Lipinski definition) is 2. The van der Waals surface area contributed by atoms with Gasteiger partial charge in [-0.1, -0.05) is 17.7 Å². The number of rotatable bonds is 3. The average Bonchev–Trinajstić information content (AvgIpc) is 2.28. The van der Waals surface area contributed by atoms with E-state index in [4.69, 9.17) is 5.11 Å². The fourth-order valence-corrected chi connectivity index (χ4v) is 2.10. The Hall–Kier alpha value is -2.04. The van der Waals surface area contributed by atoms with Crippen LogP contribution < -0.4 is 10.2 Å². The molecule has 0 spiro atoms. The molecule has 0 radical (unpaired) electrons. The van der Waals surface area contributed by atoms with E-state index in [2.05, 4.69) is 5.32 Å². The normalized spacial score (nSPS) is 19.5. The molecule has 1 saturated heterocycles. The van der Waals surface area contributed by atoms with Crippen LogP contribution in [0.5, 0.6) is 0 Å². The minimum absolute atomic E-state index is 0.0475. The van der Waals surface area contributed by atoms with Crippen molar-refractivity contribution in [2.24, 2.45) is 0 Å². The summed E-state index contributed by atoms with van der Waals surface area (Å²) < 4.78 is 0. The summed E-state index contributed by atoms with van der Waals surface area (Å²) in [6, 6.07) is 7.53. The Bertz CT molecular complexity index is 454. The highest BCUT2D eigenvalue weighted by molar-refractivity contribution is 5.84. The van der Waals surface area contributed by atoms with Crippen LogP contribution >= 0.6 is 0 Å². The van der Waals surface area contributed by atoms with E-state index in [1.165, 1.54) is 0 Å². The van der Waals surface area contributed by atoms with Crippen molar-refractivity contribution in [3.05, 3.63) is 29.8 Å². The summed E-state index contributed by atoms with van der Waals surface area (Å²) in [5.41, 5.74) is 2.10. The van der Waals surface area contributed by atoms with Gasteiger partial charge in [0.15, 0.2) is 0 Å². The van der Waals surface area contributed by atoms with Gasteiger partial charge in [0.05, 0.1) is 19.0 Å². The van der Waals surface area contributed by atoms with Crippen molar-refractivity contribution in [2.45, 2.75) is 19.4 Å². The lowest BCUT2D eigenvalue weighted by atomic mass is 10.1. The first-order chi connectivity index (χ1) is 8.54. The molecule has 1 aromatic carbocycles. The molecule has 0 aliphatic carbocycles. The summed E-state index contributed by atoms with van der Waals surface area (Å²) in [5, 5.41) is 11.5. The van der Waals surface area contributed by atoms with Crippen LogP contribution in [0, 0.1) is 6.92 Å². The van der Waals surface area contributed by atoms with Crippen molar-refractivity contribution in [3.63, 3.8) is 0 Å². The molecule has 5 nitrogen and oxygen atoms in total. The van der Waals surface area contributed by atoms with Gasteiger partial charge in [-0.15, -0.1) is 0 Å². The van der Waals surface area contributed by atoms with Gasteiger partial charge in [-0.2, -0.15) is 0 Å². The van der Waals surface area contributed by atoms with Crippen LogP contribution in [0.2, 0.25) is 0 Å². The molecule has 1 aliphatic rings. The maximum atomic E-state index is 11.6. The Morgan fingerprint density at radius 2 is 2.11 bits per heavy atom. The standard InChI is InChI=1S/C13H16N2O3/c1-9-2-4-11(5-3-9)15-7-10(6-13(17)18)14-12(16)8-15/h2-5,10H,6-8H2,1H3,(H,14,16)(H,17,18). The second-order valence-corrected chi connectivity index (χ2v) is 4.58. The highest BCUT2D eigenvalue weighted by Crippen LogP contribution is 2.17. The molecule has 0 bridgehead atoms. The van der Waals surface area contributed by atoms with Gasteiger partial charge in [0.2, 0.25) is 5.91 Å². The fraction of sp³-hybridized carbons (Fsp3) is 0.385. The summed E-state index contributed by atoms with van der Waals surface area (Å²) >= 11 is 0. The lowest BCUT2D eigenvalue weighted by Crippen LogP contribution is -2.54. The first kappa shape index (κ1) is 12.4. The summed E-state index contributed by atoms with van der Waals surface area (Å²) in [6.07, 6.45) is -0.0475. The van der Waals surface area contributed by atoms with Gasteiger partial charge in [-0.25, -0.2) is 0 Å². The molecule has 1 atom stereocenters. The molecule has 1 aromatic rings. The largest absolute Gasteiger partial charge is 0.481 e. The minimum Gasteiger partial charge on any atom is -0.481 e. The summed E-state index contributed by atoms with van der Waals surface area (Å²) in [4.78, 5) is 24.2. The van der Waals surface area contributed by atoms with Gasteiger partial charge >= 0.3 is 5.97 Å². The molecule has 5 heteroatoms. The monoisotopic (exact) mass is 248 g/mol. The smallest absolute Gasteiger partial charge is 0.305 e. The summed E-state index contributed by atoms with van der Waals surface area (Å²) in [5.74, 6) is -1.03. The molecule has 1 aliphatic heterocycles. The van der Waals surface area contributed by atoms with Crippen LogP contribution in [0.3, 0.4) is 0 Å². The van der Waals surface area contributed by atoms with Crippen LogP contribution in [-0.4, -0.2) is 36.1 Å². The zero-order valence-electron chi connectivity index (χ0n) is 10.2. The average molecular weight is 248 g/mol. The van der Waals surface area contributed by atoms with Gasteiger partial charge in [0.1, 0.15) is 0 Å². The Morgan fingerprint density at radius 1 is 1.44 bits per heavy atom. The Labute approximate surface area is 105 Å². The second-order valence-electron chi connectivity index (χ2n) is 4.58. The molecule has 1 fully saturated rings. The number of carboxylic acids is 1. The zero-order chi connectivity index (χ0) is 13.1. The highest BCUT2D eigenvalue weighted by atomic mass is 16.4. The third-order valence-corrected chi connectivity index (χ3v) is 2.96. The Balaban J connectivity index is 2.10. The number of aryl methyl sites for hydroxylation is 1. The van der Waals surface area contributed by atoms with E-state index in [0.29, 0.717) is 6.54 Å². The summed E-state index contributed by atoms with van der Waals surface area (Å²) in [6.45, 7) is 2.81. The predicted octanol–water partition coefficient (Wildman–Crippen LogP) is 0.775. The van der Waals surface area contributed by atoms with Gasteiger partial charge in [-0.3, -0.25) is 9.59 Å². The summed E-state index contributed by atoms with van der Waals surface area (Å²) in [7, 11) is 0. The SMILES string of the molecule is Cc1ccc(N2CC(=O)NC(CC(=O)O)C2)cc1. The van der Waals surface area contributed by atoms with Crippen molar-refractivity contribution in [2.75, 3.05) is 18.0 Å². The maximum absolute atomic E-state index is 11.6. The maximum Gasteiger partial charge on any atom is 0.305 e. The first-order valence-corrected chi connectivity index (χ1v) is 5.87. The van der Waals surface area contributed by atoms with Crippen LogP contribution in [0.25, 0.3) is 0 Å². The number of benzene rings is 1. The first-order valence-electron chi connectivity index (χ1n) is 5.87. The van der Waals surface area contributed by atoms with Crippen LogP contribution in [0.4, 0.5) is 5.69 Å². The molecule has 0 saturated carbocycles. The Morgan fingerprint density at radius 3 is 2.72 bits per heavy atom. The number of nitrogens with zero attached hydrogens (tertiary/aromatic N) is 1. The molecule has 1 amide bonds. The van der Waals surface area contributed by atoms with Crippen molar-refractivity contribution >= 4 is 17.6 Å². The van der Waals surface area contributed by atoms with Crippen LogP contribution in [-0.2, 0) is 9.59 Å². The predicted molar refractivity (Wildman–Crippen MR) is 67.6 cm³/mol. The number of hydrogen-bond acceptors (Lipinski definition) is 3. The van der Waals surface area contributed by atoms with Crippen molar-refractivity contribution in [1.29, 1.82) is 0 Å². The van der Waals surface area contributed by atoms with E-state index in [1.807, 2.05) is 36.1 Å². The minimum atomic E-state index is -0.897. The molecule has 18 heavy (non-hydrogen) atoms. The third-order valence-electron chi connectivity index (χ3n) is 2.96. The number of anilines is 1. The molecule has 0 aromatic heterocycles. The zero-order valence-corrected chi connectivity index (χ0v) is 10.2. The fourth-order valence-electron chi connectivity index (χ4n) is 2.10. The van der Waals surface area contributed by atoms with Crippen LogP contribution in [0.15, 0.2) is 24.3 Å². The van der Waals surface area contributed by atoms with E-state index < -0.39 is 5.97 Å². The molecule has 96 valence electrons. The van der Waals surface area contributed by atoms with Gasteiger partial charge < -0.3 is 15.3 Å². The topological polar surface area (TPSA) is 69.6 Å². The van der Waals surface area contributed by atoms with Crippen molar-refractivity contribution in [3.8, 4) is 0 Å². The highest BCUT2D eigenvalue weighted by Gasteiger charge is 2.26. The second kappa shape index (κ2) is 5.08. The number of aliphatic carboxylic acids is 1. The van der Waals surface area contributed by atoms with Gasteiger partial charge in [0.25, 0.3) is 0 Å². The molecule has 2 N–H and O–H groups in total. The number of carbonyl (C=O) groups is 2. The lowest BCUT2D eigenvalue weighted by molar-refractivity contribution is -0.137. The van der Waals surface area contributed by atoms with Gasteiger partial charge in [-0.05, 0) is 19.1 Å². The van der Waals surface area contributed by atoms with Gasteiger partial charge in [0, 0.05) is 12.2 Å². The van der Waals surface area contributed by atoms with E-state index >= 15 is 0 Å². The number of carbonyl (C=O) groups excluding carboxylic acids is 1. The number of piperazine rings is 1. The lowest BCUT2D eigenvalue weighted by Gasteiger charge is -2.34. The van der Waals surface area contributed by atoms with E-state index in [-0.39, 0.29) is 24.9 Å². The van der Waals surface area contributed by atoms with Crippen molar-refractivity contribution < 1.29 is 14.7 Å².